The Morgan fingerprint density at radius 2 is 2.06 bits per heavy atom. The number of nitrogens with two attached hydrogens (primary N) is 1. The zero-order valence-electron chi connectivity index (χ0n) is 9.83. The number of hydrogen-bond acceptors (Lipinski definition) is 3. The lowest BCUT2D eigenvalue weighted by atomic mass is 9.82. The van der Waals surface area contributed by atoms with E-state index in [1.54, 1.807) is 0 Å². The van der Waals surface area contributed by atoms with Gasteiger partial charge in [-0.2, -0.15) is 0 Å². The van der Waals surface area contributed by atoms with E-state index < -0.39 is 0 Å². The SMILES string of the molecule is Cc1nc(C2CCCC(C)C2)nc(N)c1I. The molecular formula is C12H18IN3. The third kappa shape index (κ3) is 2.47. The van der Waals surface area contributed by atoms with Gasteiger partial charge in [-0.05, 0) is 48.3 Å². The van der Waals surface area contributed by atoms with Crippen LogP contribution in [0.1, 0.15) is 50.0 Å². The summed E-state index contributed by atoms with van der Waals surface area (Å²) in [6.45, 7) is 4.32. The Bertz CT molecular complexity index is 369. The second kappa shape index (κ2) is 4.85. The van der Waals surface area contributed by atoms with Crippen LogP contribution in [0.2, 0.25) is 0 Å². The molecule has 0 aliphatic heterocycles. The van der Waals surface area contributed by atoms with Gasteiger partial charge in [0.2, 0.25) is 0 Å². The Hall–Kier alpha value is -0.390. The Kier molecular flexibility index (Phi) is 3.66. The molecule has 2 rings (SSSR count). The minimum Gasteiger partial charge on any atom is -0.383 e. The Labute approximate surface area is 110 Å². The molecule has 1 heterocycles. The van der Waals surface area contributed by atoms with Crippen LogP contribution in [0.25, 0.3) is 0 Å². The van der Waals surface area contributed by atoms with Gasteiger partial charge < -0.3 is 5.73 Å². The molecule has 1 aromatic rings. The summed E-state index contributed by atoms with van der Waals surface area (Å²) in [4.78, 5) is 9.04. The van der Waals surface area contributed by atoms with Gasteiger partial charge in [-0.15, -0.1) is 0 Å². The summed E-state index contributed by atoms with van der Waals surface area (Å²) in [6, 6.07) is 0. The van der Waals surface area contributed by atoms with Gasteiger partial charge in [0.15, 0.2) is 0 Å². The van der Waals surface area contributed by atoms with Crippen molar-refractivity contribution in [3.8, 4) is 0 Å². The van der Waals surface area contributed by atoms with Crippen LogP contribution < -0.4 is 5.73 Å². The first kappa shape index (κ1) is 12.1. The number of hydrogen-bond donors (Lipinski definition) is 1. The first-order chi connectivity index (χ1) is 7.58. The number of nitrogens with zero attached hydrogens (tertiary/aromatic N) is 2. The molecule has 1 saturated carbocycles. The third-order valence-corrected chi connectivity index (χ3v) is 4.69. The Morgan fingerprint density at radius 1 is 1.31 bits per heavy atom. The summed E-state index contributed by atoms with van der Waals surface area (Å²) in [5.74, 6) is 2.91. The van der Waals surface area contributed by atoms with Crippen LogP contribution >= 0.6 is 22.6 Å². The molecule has 1 aromatic heterocycles. The van der Waals surface area contributed by atoms with Gasteiger partial charge in [0, 0.05) is 5.92 Å². The quantitative estimate of drug-likeness (QED) is 0.804. The summed E-state index contributed by atoms with van der Waals surface area (Å²) in [6.07, 6.45) is 5.05. The van der Waals surface area contributed by atoms with Gasteiger partial charge in [0.05, 0.1) is 9.26 Å². The average molecular weight is 331 g/mol. The lowest BCUT2D eigenvalue weighted by Crippen LogP contribution is -2.16. The number of aromatic nitrogens is 2. The molecule has 88 valence electrons. The maximum absolute atomic E-state index is 5.90. The minimum absolute atomic E-state index is 0.516. The Morgan fingerprint density at radius 3 is 2.69 bits per heavy atom. The van der Waals surface area contributed by atoms with Crippen molar-refractivity contribution in [2.24, 2.45) is 5.92 Å². The highest BCUT2D eigenvalue weighted by atomic mass is 127. The van der Waals surface area contributed by atoms with Crippen molar-refractivity contribution in [3.05, 3.63) is 15.1 Å². The first-order valence-corrected chi connectivity index (χ1v) is 6.95. The number of nitrogen functional groups attached to an aromatic ring is 1. The summed E-state index contributed by atoms with van der Waals surface area (Å²) in [7, 11) is 0. The molecule has 2 unspecified atom stereocenters. The molecular weight excluding hydrogens is 313 g/mol. The van der Waals surface area contributed by atoms with E-state index in [0.717, 1.165) is 21.0 Å². The fourth-order valence-electron chi connectivity index (χ4n) is 2.45. The standard InChI is InChI=1S/C12H18IN3/c1-7-4-3-5-9(6-7)12-15-8(2)10(13)11(14)16-12/h7,9H,3-6H2,1-2H3,(H2,14,15,16). The molecule has 0 bridgehead atoms. The van der Waals surface area contributed by atoms with E-state index >= 15 is 0 Å². The third-order valence-electron chi connectivity index (χ3n) is 3.36. The Balaban J connectivity index is 2.26. The van der Waals surface area contributed by atoms with Crippen LogP contribution in [0.3, 0.4) is 0 Å². The fraction of sp³-hybridized carbons (Fsp3) is 0.667. The van der Waals surface area contributed by atoms with E-state index in [2.05, 4.69) is 39.5 Å². The maximum Gasteiger partial charge on any atom is 0.140 e. The summed E-state index contributed by atoms with van der Waals surface area (Å²) < 4.78 is 0.991. The van der Waals surface area contributed by atoms with Crippen molar-refractivity contribution in [2.45, 2.75) is 45.4 Å². The molecule has 16 heavy (non-hydrogen) atoms. The molecule has 1 aliphatic carbocycles. The highest BCUT2D eigenvalue weighted by molar-refractivity contribution is 14.1. The monoisotopic (exact) mass is 331 g/mol. The molecule has 1 aliphatic rings. The van der Waals surface area contributed by atoms with E-state index in [1.165, 1.54) is 25.7 Å². The molecule has 4 heteroatoms. The zero-order chi connectivity index (χ0) is 11.7. The number of rotatable bonds is 1. The van der Waals surface area contributed by atoms with E-state index in [4.69, 9.17) is 5.73 Å². The van der Waals surface area contributed by atoms with E-state index in [-0.39, 0.29) is 0 Å². The van der Waals surface area contributed by atoms with Crippen LogP contribution in [0.5, 0.6) is 0 Å². The molecule has 1 fully saturated rings. The highest BCUT2D eigenvalue weighted by Gasteiger charge is 2.23. The fourth-order valence-corrected chi connectivity index (χ4v) is 2.70. The van der Waals surface area contributed by atoms with Gasteiger partial charge >= 0.3 is 0 Å². The molecule has 2 atom stereocenters. The smallest absolute Gasteiger partial charge is 0.140 e. The highest BCUT2D eigenvalue weighted by Crippen LogP contribution is 2.35. The van der Waals surface area contributed by atoms with Crippen molar-refractivity contribution in [1.82, 2.24) is 9.97 Å². The van der Waals surface area contributed by atoms with E-state index in [0.29, 0.717) is 11.7 Å². The summed E-state index contributed by atoms with van der Waals surface area (Å²) in [5, 5.41) is 0. The largest absolute Gasteiger partial charge is 0.383 e. The topological polar surface area (TPSA) is 51.8 Å². The van der Waals surface area contributed by atoms with Crippen LogP contribution in [0.4, 0.5) is 5.82 Å². The van der Waals surface area contributed by atoms with Gasteiger partial charge in [0.1, 0.15) is 11.6 Å². The van der Waals surface area contributed by atoms with Gasteiger partial charge in [-0.1, -0.05) is 19.8 Å². The van der Waals surface area contributed by atoms with Crippen LogP contribution in [0, 0.1) is 16.4 Å². The summed E-state index contributed by atoms with van der Waals surface area (Å²) >= 11 is 2.21. The number of halogens is 1. The van der Waals surface area contributed by atoms with Gasteiger partial charge in [-0.25, -0.2) is 9.97 Å². The second-order valence-corrected chi connectivity index (χ2v) is 5.91. The predicted octanol–water partition coefficient (Wildman–Crippen LogP) is 3.27. The number of aryl methyl sites for hydroxylation is 1. The zero-order valence-corrected chi connectivity index (χ0v) is 12.0. The summed E-state index contributed by atoms with van der Waals surface area (Å²) in [5.41, 5.74) is 6.92. The van der Waals surface area contributed by atoms with E-state index in [9.17, 15) is 0 Å². The number of anilines is 1. The van der Waals surface area contributed by atoms with Gasteiger partial charge in [0.25, 0.3) is 0 Å². The van der Waals surface area contributed by atoms with Gasteiger partial charge in [-0.3, -0.25) is 0 Å². The molecule has 0 saturated heterocycles. The van der Waals surface area contributed by atoms with Crippen molar-refractivity contribution in [1.29, 1.82) is 0 Å². The lowest BCUT2D eigenvalue weighted by molar-refractivity contribution is 0.335. The maximum atomic E-state index is 5.90. The van der Waals surface area contributed by atoms with Crippen molar-refractivity contribution in [3.63, 3.8) is 0 Å². The van der Waals surface area contributed by atoms with Crippen molar-refractivity contribution >= 4 is 28.4 Å². The van der Waals surface area contributed by atoms with Crippen LogP contribution in [-0.4, -0.2) is 9.97 Å². The first-order valence-electron chi connectivity index (χ1n) is 5.87. The van der Waals surface area contributed by atoms with Crippen molar-refractivity contribution < 1.29 is 0 Å². The second-order valence-electron chi connectivity index (χ2n) is 4.84. The molecule has 0 amide bonds. The normalized spacial score (nSPS) is 25.7. The van der Waals surface area contributed by atoms with Crippen LogP contribution in [0.15, 0.2) is 0 Å². The molecule has 3 nitrogen and oxygen atoms in total. The predicted molar refractivity (Wildman–Crippen MR) is 74.3 cm³/mol. The minimum atomic E-state index is 0.516. The van der Waals surface area contributed by atoms with Crippen LogP contribution in [-0.2, 0) is 0 Å². The lowest BCUT2D eigenvalue weighted by Gasteiger charge is -2.25. The van der Waals surface area contributed by atoms with E-state index in [1.807, 2.05) is 6.92 Å². The molecule has 2 N–H and O–H groups in total. The molecule has 0 aromatic carbocycles. The average Bonchev–Trinajstić information content (AvgIpc) is 2.25. The molecule has 0 spiro atoms. The molecule has 0 radical (unpaired) electrons. The van der Waals surface area contributed by atoms with Crippen molar-refractivity contribution in [2.75, 3.05) is 5.73 Å².